The smallest absolute Gasteiger partial charge is 0.256 e. The van der Waals surface area contributed by atoms with Crippen molar-refractivity contribution < 1.29 is 9.59 Å². The van der Waals surface area contributed by atoms with Crippen LogP contribution in [0.5, 0.6) is 0 Å². The number of hydrogen-bond acceptors (Lipinski definition) is 7. The number of likely N-dealkylation sites (N-methyl/N-ethyl adjacent to an activating group) is 2. The number of pyridine rings is 1. The van der Waals surface area contributed by atoms with Crippen LogP contribution in [-0.4, -0.2) is 68.7 Å². The van der Waals surface area contributed by atoms with E-state index in [-0.39, 0.29) is 17.9 Å². The summed E-state index contributed by atoms with van der Waals surface area (Å²) in [5.74, 6) is 1.12. The first-order valence-corrected chi connectivity index (χ1v) is 13.3. The number of carbonyl (C=O) groups excluding carboxylic acids is 2. The van der Waals surface area contributed by atoms with Gasteiger partial charge in [0.25, 0.3) is 5.91 Å². The Morgan fingerprint density at radius 3 is 2.55 bits per heavy atom. The van der Waals surface area contributed by atoms with Gasteiger partial charge >= 0.3 is 0 Å². The number of nitrogens with one attached hydrogen (secondary N) is 1. The molecule has 0 aliphatic carbocycles. The number of rotatable bonds is 10. The highest BCUT2D eigenvalue weighted by Crippen LogP contribution is 2.31. The maximum absolute atomic E-state index is 12.9. The third-order valence-electron chi connectivity index (χ3n) is 6.67. The predicted molar refractivity (Wildman–Crippen MR) is 158 cm³/mol. The molecule has 0 aliphatic rings. The van der Waals surface area contributed by atoms with Gasteiger partial charge in [0.1, 0.15) is 28.7 Å². The third kappa shape index (κ3) is 6.35. The molecule has 4 rings (SSSR count). The second-order valence-corrected chi connectivity index (χ2v) is 9.97. The predicted octanol–water partition coefficient (Wildman–Crippen LogP) is 4.22. The Kier molecular flexibility index (Phi) is 8.90. The maximum atomic E-state index is 12.9. The summed E-state index contributed by atoms with van der Waals surface area (Å²) in [6.07, 6.45) is 10.4. The van der Waals surface area contributed by atoms with Crippen LogP contribution in [-0.2, 0) is 11.2 Å². The molecule has 0 spiro atoms. The molecule has 10 heteroatoms. The summed E-state index contributed by atoms with van der Waals surface area (Å²) in [5.41, 5.74) is 9.95. The van der Waals surface area contributed by atoms with Crippen molar-refractivity contribution >= 4 is 29.0 Å². The van der Waals surface area contributed by atoms with Gasteiger partial charge in [0, 0.05) is 49.4 Å². The van der Waals surface area contributed by atoms with Crippen LogP contribution in [0.2, 0.25) is 0 Å². The summed E-state index contributed by atoms with van der Waals surface area (Å²) in [5, 5.41) is 2.87. The van der Waals surface area contributed by atoms with Crippen molar-refractivity contribution in [3.8, 4) is 11.3 Å². The minimum Gasteiger partial charge on any atom is -0.382 e. The first kappa shape index (κ1) is 28.4. The Bertz CT molecular complexity index is 1520. The summed E-state index contributed by atoms with van der Waals surface area (Å²) >= 11 is 0. The summed E-state index contributed by atoms with van der Waals surface area (Å²) < 4.78 is 1.87. The monoisotopic (exact) mass is 540 g/mol. The Morgan fingerprint density at radius 1 is 1.10 bits per heavy atom. The number of aryl methyl sites for hydroxylation is 1. The molecule has 208 valence electrons. The molecule has 3 heterocycles. The number of fused-ring (bicyclic) bond motifs is 1. The molecule has 0 unspecified atom stereocenters. The van der Waals surface area contributed by atoms with Crippen LogP contribution in [0, 0.1) is 0 Å². The van der Waals surface area contributed by atoms with E-state index in [0.29, 0.717) is 40.8 Å². The number of nitrogen functional groups attached to an aromatic ring is 1. The molecule has 0 bridgehead atoms. The Labute approximate surface area is 234 Å². The fraction of sp³-hybridized carbons (Fsp3) is 0.300. The number of aromatic nitrogens is 4. The van der Waals surface area contributed by atoms with E-state index < -0.39 is 0 Å². The van der Waals surface area contributed by atoms with Gasteiger partial charge in [-0.15, -0.1) is 0 Å². The Balaban J connectivity index is 1.60. The molecule has 0 fully saturated rings. The summed E-state index contributed by atoms with van der Waals surface area (Å²) in [4.78, 5) is 42.8. The topological polar surface area (TPSA) is 122 Å². The number of nitrogens with two attached hydrogens (primary N) is 1. The molecule has 1 atom stereocenters. The van der Waals surface area contributed by atoms with Crippen molar-refractivity contribution in [1.29, 1.82) is 0 Å². The zero-order chi connectivity index (χ0) is 28.8. The standard InChI is InChI=1S/C30H36N8O2/c1-6-8-21-14-15-32-24(19-21)34-30(40)23-12-10-22(11-13-23)26-27-28(31)33-16-18-38(27)29(35-26)20(2)37(5)25(39)9-7-17-36(3)4/h7,9-16,18-20H,6,8,17H2,1-5H3,(H2,31,33)(H,32,34,40)/b9-7+/t20-/m0/s1. The number of amides is 2. The average molecular weight is 541 g/mol. The number of carbonyl (C=O) groups is 2. The van der Waals surface area contributed by atoms with Crippen LogP contribution < -0.4 is 11.1 Å². The second-order valence-electron chi connectivity index (χ2n) is 9.97. The first-order valence-electron chi connectivity index (χ1n) is 13.3. The van der Waals surface area contributed by atoms with Gasteiger partial charge in [-0.2, -0.15) is 0 Å². The second kappa shape index (κ2) is 12.5. The zero-order valence-corrected chi connectivity index (χ0v) is 23.6. The molecule has 3 N–H and O–H groups in total. The first-order chi connectivity index (χ1) is 19.2. The SMILES string of the molecule is CCCc1ccnc(NC(=O)c2ccc(-c3nc([C@H](C)N(C)C(=O)/C=C/CN(C)C)n4ccnc(N)c34)cc2)c1. The van der Waals surface area contributed by atoms with Crippen molar-refractivity contribution in [3.63, 3.8) is 0 Å². The van der Waals surface area contributed by atoms with Crippen molar-refractivity contribution in [3.05, 3.63) is 84.1 Å². The molecule has 0 saturated heterocycles. The minimum absolute atomic E-state index is 0.125. The molecular formula is C30H36N8O2. The molecule has 2 amide bonds. The van der Waals surface area contributed by atoms with E-state index in [9.17, 15) is 9.59 Å². The lowest BCUT2D eigenvalue weighted by Crippen LogP contribution is -2.29. The van der Waals surface area contributed by atoms with Gasteiger partial charge in [0.2, 0.25) is 5.91 Å². The van der Waals surface area contributed by atoms with Crippen molar-refractivity contribution in [2.24, 2.45) is 0 Å². The van der Waals surface area contributed by atoms with Crippen LogP contribution >= 0.6 is 0 Å². The van der Waals surface area contributed by atoms with E-state index >= 15 is 0 Å². The van der Waals surface area contributed by atoms with E-state index in [1.165, 1.54) is 0 Å². The highest BCUT2D eigenvalue weighted by atomic mass is 16.2. The Hall–Kier alpha value is -4.57. The van der Waals surface area contributed by atoms with Gasteiger partial charge in [-0.3, -0.25) is 14.0 Å². The number of imidazole rings is 1. The van der Waals surface area contributed by atoms with Gasteiger partial charge < -0.3 is 20.9 Å². The number of hydrogen-bond donors (Lipinski definition) is 2. The molecular weight excluding hydrogens is 504 g/mol. The lowest BCUT2D eigenvalue weighted by Gasteiger charge is -2.23. The average Bonchev–Trinajstić information content (AvgIpc) is 3.33. The molecule has 40 heavy (non-hydrogen) atoms. The highest BCUT2D eigenvalue weighted by molar-refractivity contribution is 6.04. The minimum atomic E-state index is -0.347. The van der Waals surface area contributed by atoms with Crippen LogP contribution in [0.15, 0.2) is 67.1 Å². The van der Waals surface area contributed by atoms with Crippen LogP contribution in [0.3, 0.4) is 0 Å². The molecule has 10 nitrogen and oxygen atoms in total. The lowest BCUT2D eigenvalue weighted by atomic mass is 10.1. The van der Waals surface area contributed by atoms with E-state index in [1.807, 2.05) is 60.7 Å². The summed E-state index contributed by atoms with van der Waals surface area (Å²) in [7, 11) is 5.64. The van der Waals surface area contributed by atoms with Crippen molar-refractivity contribution in [1.82, 2.24) is 29.2 Å². The molecule has 3 aromatic heterocycles. The fourth-order valence-corrected chi connectivity index (χ4v) is 4.38. The van der Waals surface area contributed by atoms with E-state index in [2.05, 4.69) is 22.2 Å². The van der Waals surface area contributed by atoms with Gasteiger partial charge in [-0.1, -0.05) is 31.6 Å². The number of nitrogens with zero attached hydrogens (tertiary/aromatic N) is 6. The summed E-state index contributed by atoms with van der Waals surface area (Å²) in [6.45, 7) is 4.70. The molecule has 0 radical (unpaired) electrons. The molecule has 4 aromatic rings. The highest BCUT2D eigenvalue weighted by Gasteiger charge is 2.24. The van der Waals surface area contributed by atoms with E-state index in [0.717, 1.165) is 24.0 Å². The molecule has 0 saturated carbocycles. The van der Waals surface area contributed by atoms with Gasteiger partial charge in [-0.25, -0.2) is 15.0 Å². The largest absolute Gasteiger partial charge is 0.382 e. The molecule has 1 aromatic carbocycles. The van der Waals surface area contributed by atoms with Gasteiger partial charge in [0.05, 0.1) is 6.04 Å². The quantitative estimate of drug-likeness (QED) is 0.289. The van der Waals surface area contributed by atoms with Gasteiger partial charge in [0.15, 0.2) is 0 Å². The molecule has 0 aliphatic heterocycles. The third-order valence-corrected chi connectivity index (χ3v) is 6.67. The fourth-order valence-electron chi connectivity index (χ4n) is 4.38. The van der Waals surface area contributed by atoms with Crippen molar-refractivity contribution in [2.45, 2.75) is 32.7 Å². The number of benzene rings is 1. The lowest BCUT2D eigenvalue weighted by molar-refractivity contribution is -0.126. The maximum Gasteiger partial charge on any atom is 0.256 e. The normalized spacial score (nSPS) is 12.2. The Morgan fingerprint density at radius 2 is 1.85 bits per heavy atom. The van der Waals surface area contributed by atoms with Gasteiger partial charge in [-0.05, 0) is 57.3 Å². The van der Waals surface area contributed by atoms with E-state index in [4.69, 9.17) is 10.7 Å². The van der Waals surface area contributed by atoms with E-state index in [1.54, 1.807) is 48.7 Å². The zero-order valence-electron chi connectivity index (χ0n) is 23.6. The summed E-state index contributed by atoms with van der Waals surface area (Å²) in [6, 6.07) is 10.6. The van der Waals surface area contributed by atoms with Crippen LogP contribution in [0.4, 0.5) is 11.6 Å². The van der Waals surface area contributed by atoms with Crippen LogP contribution in [0.1, 0.15) is 48.1 Å². The van der Waals surface area contributed by atoms with Crippen molar-refractivity contribution in [2.75, 3.05) is 38.7 Å². The number of anilines is 2. The van der Waals surface area contributed by atoms with Crippen LogP contribution in [0.25, 0.3) is 16.8 Å².